The lowest BCUT2D eigenvalue weighted by Crippen LogP contribution is -2.26. The number of nitrogens with zero attached hydrogens (tertiary/aromatic N) is 3. The van der Waals surface area contributed by atoms with Crippen molar-refractivity contribution >= 4 is 21.8 Å². The molecule has 0 saturated carbocycles. The Morgan fingerprint density at radius 1 is 1.23 bits per heavy atom. The Hall–Kier alpha value is -1.38. The summed E-state index contributed by atoms with van der Waals surface area (Å²) in [5, 5.41) is 9.40. The minimum Gasteiger partial charge on any atom is -0.306 e. The first-order valence-corrected chi connectivity index (χ1v) is 11.5. The van der Waals surface area contributed by atoms with Crippen LogP contribution in [0, 0.1) is 19.8 Å². The molecule has 0 amide bonds. The van der Waals surface area contributed by atoms with Gasteiger partial charge in [0.2, 0.25) is 10.0 Å². The molecule has 0 unspecified atom stereocenters. The molecule has 1 heterocycles. The van der Waals surface area contributed by atoms with Crippen molar-refractivity contribution in [2.24, 2.45) is 5.92 Å². The van der Waals surface area contributed by atoms with Crippen LogP contribution < -0.4 is 4.72 Å². The summed E-state index contributed by atoms with van der Waals surface area (Å²) in [5.74, 6) is 1.41. The number of hydrogen-bond donors (Lipinski definition) is 1. The lowest BCUT2D eigenvalue weighted by molar-refractivity contribution is 0.477. The Morgan fingerprint density at radius 3 is 2.62 bits per heavy atom. The van der Waals surface area contributed by atoms with Crippen LogP contribution in [0.4, 0.5) is 0 Å². The van der Waals surface area contributed by atoms with E-state index in [1.165, 1.54) is 0 Å². The Labute approximate surface area is 160 Å². The summed E-state index contributed by atoms with van der Waals surface area (Å²) >= 11 is 1.58. The number of aromatic nitrogens is 3. The molecule has 1 aromatic carbocycles. The Kier molecular flexibility index (Phi) is 7.25. The number of aryl methyl sites for hydroxylation is 3. The number of sulfonamides is 1. The number of thioether (sulfide) groups is 1. The number of hydrogen-bond acceptors (Lipinski definition) is 5. The molecule has 144 valence electrons. The van der Waals surface area contributed by atoms with Gasteiger partial charge < -0.3 is 4.57 Å². The van der Waals surface area contributed by atoms with Crippen molar-refractivity contribution in [1.29, 1.82) is 0 Å². The average Bonchev–Trinajstić information content (AvgIpc) is 2.95. The van der Waals surface area contributed by atoms with Gasteiger partial charge in [-0.1, -0.05) is 37.7 Å². The summed E-state index contributed by atoms with van der Waals surface area (Å²) in [5.41, 5.74) is 1.69. The minimum atomic E-state index is -3.49. The van der Waals surface area contributed by atoms with Gasteiger partial charge in [-0.3, -0.25) is 0 Å². The molecule has 6 nitrogen and oxygen atoms in total. The molecule has 0 aliphatic heterocycles. The molecule has 0 atom stereocenters. The first kappa shape index (κ1) is 20.9. The van der Waals surface area contributed by atoms with Gasteiger partial charge in [0.25, 0.3) is 0 Å². The minimum absolute atomic E-state index is 0.352. The third-order valence-corrected chi connectivity index (χ3v) is 6.30. The number of rotatable bonds is 9. The fourth-order valence-corrected chi connectivity index (χ4v) is 4.66. The topological polar surface area (TPSA) is 76.9 Å². The molecule has 0 saturated heterocycles. The smallest absolute Gasteiger partial charge is 0.240 e. The lowest BCUT2D eigenvalue weighted by atomic mass is 10.2. The van der Waals surface area contributed by atoms with Crippen molar-refractivity contribution < 1.29 is 8.42 Å². The van der Waals surface area contributed by atoms with Gasteiger partial charge in [0, 0.05) is 19.5 Å². The highest BCUT2D eigenvalue weighted by atomic mass is 32.2. The van der Waals surface area contributed by atoms with E-state index in [4.69, 9.17) is 0 Å². The molecular weight excluding hydrogens is 368 g/mol. The molecule has 1 aromatic heterocycles. The molecule has 0 radical (unpaired) electrons. The van der Waals surface area contributed by atoms with Gasteiger partial charge in [-0.2, -0.15) is 0 Å². The van der Waals surface area contributed by atoms with Crippen molar-refractivity contribution in [1.82, 2.24) is 19.5 Å². The average molecular weight is 397 g/mol. The second kappa shape index (κ2) is 9.01. The Morgan fingerprint density at radius 2 is 1.96 bits per heavy atom. The fourth-order valence-electron chi connectivity index (χ4n) is 2.73. The summed E-state index contributed by atoms with van der Waals surface area (Å²) in [6.45, 7) is 9.26. The summed E-state index contributed by atoms with van der Waals surface area (Å²) in [4.78, 5) is 0.352. The maximum atomic E-state index is 12.5. The number of benzene rings is 1. The van der Waals surface area contributed by atoms with Crippen molar-refractivity contribution in [3.8, 4) is 0 Å². The fraction of sp³-hybridized carbons (Fsp3) is 0.556. The van der Waals surface area contributed by atoms with Gasteiger partial charge >= 0.3 is 0 Å². The monoisotopic (exact) mass is 396 g/mol. The van der Waals surface area contributed by atoms with Crippen LogP contribution in [0.15, 0.2) is 28.3 Å². The zero-order valence-corrected chi connectivity index (χ0v) is 17.7. The van der Waals surface area contributed by atoms with Crippen molar-refractivity contribution in [3.63, 3.8) is 0 Å². The number of nitrogens with one attached hydrogen (secondary N) is 1. The molecule has 0 aliphatic rings. The van der Waals surface area contributed by atoms with Gasteiger partial charge in [-0.15, -0.1) is 10.2 Å². The normalized spacial score (nSPS) is 12.1. The van der Waals surface area contributed by atoms with Crippen molar-refractivity contribution in [3.05, 3.63) is 35.2 Å². The molecule has 0 fully saturated rings. The highest BCUT2D eigenvalue weighted by molar-refractivity contribution is 7.98. The summed E-state index contributed by atoms with van der Waals surface area (Å²) < 4.78 is 29.9. The first-order chi connectivity index (χ1) is 12.2. The highest BCUT2D eigenvalue weighted by Gasteiger charge is 2.17. The molecular formula is C18H28N4O2S2. The largest absolute Gasteiger partial charge is 0.306 e. The summed E-state index contributed by atoms with van der Waals surface area (Å²) in [7, 11) is -3.49. The third kappa shape index (κ3) is 5.31. The zero-order valence-electron chi connectivity index (χ0n) is 16.1. The standard InChI is InChI=1S/C18H28N4O2S2/c1-13(2)12-22-17(20-21-18(22)25-5)7-6-10-19-26(23,24)16-11-14(3)8-9-15(16)4/h8-9,11,13,19H,6-7,10,12H2,1-5H3. The lowest BCUT2D eigenvalue weighted by Gasteiger charge is -2.12. The summed E-state index contributed by atoms with van der Waals surface area (Å²) in [6.07, 6.45) is 3.35. The van der Waals surface area contributed by atoms with Gasteiger partial charge in [-0.25, -0.2) is 13.1 Å². The predicted molar refractivity (Wildman–Crippen MR) is 106 cm³/mol. The summed E-state index contributed by atoms with van der Waals surface area (Å²) in [6, 6.07) is 5.46. The molecule has 8 heteroatoms. The van der Waals surface area contributed by atoms with Crippen molar-refractivity contribution in [2.75, 3.05) is 12.8 Å². The van der Waals surface area contributed by atoms with E-state index in [0.717, 1.165) is 28.7 Å². The Bertz CT molecular complexity index is 845. The van der Waals surface area contributed by atoms with E-state index in [0.29, 0.717) is 30.2 Å². The van der Waals surface area contributed by atoms with E-state index >= 15 is 0 Å². The van der Waals surface area contributed by atoms with E-state index < -0.39 is 10.0 Å². The molecule has 2 aromatic rings. The SMILES string of the molecule is CSc1nnc(CCCNS(=O)(=O)c2cc(C)ccc2C)n1CC(C)C. The van der Waals surface area contributed by atoms with Crippen LogP contribution >= 0.6 is 11.8 Å². The van der Waals surface area contributed by atoms with E-state index in [1.54, 1.807) is 17.8 Å². The van der Waals surface area contributed by atoms with E-state index in [1.807, 2.05) is 32.2 Å². The maximum absolute atomic E-state index is 12.5. The molecule has 2 rings (SSSR count). The first-order valence-electron chi connectivity index (χ1n) is 8.77. The molecule has 0 aliphatic carbocycles. The van der Waals surface area contributed by atoms with Crippen LogP contribution in [-0.2, 0) is 23.0 Å². The van der Waals surface area contributed by atoms with Crippen LogP contribution in [0.3, 0.4) is 0 Å². The van der Waals surface area contributed by atoms with Gasteiger partial charge in [0.05, 0.1) is 4.90 Å². The molecule has 0 spiro atoms. The van der Waals surface area contributed by atoms with Gasteiger partial charge in [0.15, 0.2) is 5.16 Å². The van der Waals surface area contributed by atoms with Crippen LogP contribution in [0.5, 0.6) is 0 Å². The van der Waals surface area contributed by atoms with E-state index in [9.17, 15) is 8.42 Å². The second-order valence-electron chi connectivity index (χ2n) is 6.88. The zero-order chi connectivity index (χ0) is 19.3. The highest BCUT2D eigenvalue weighted by Crippen LogP contribution is 2.18. The third-order valence-electron chi connectivity index (χ3n) is 4.03. The van der Waals surface area contributed by atoms with Crippen LogP contribution in [-0.4, -0.2) is 36.0 Å². The van der Waals surface area contributed by atoms with E-state index in [2.05, 4.69) is 33.3 Å². The van der Waals surface area contributed by atoms with Gasteiger partial charge in [-0.05, 0) is 49.6 Å². The maximum Gasteiger partial charge on any atom is 0.240 e. The van der Waals surface area contributed by atoms with Crippen LogP contribution in [0.25, 0.3) is 0 Å². The molecule has 0 bridgehead atoms. The van der Waals surface area contributed by atoms with Crippen molar-refractivity contribution in [2.45, 2.75) is 57.1 Å². The van der Waals surface area contributed by atoms with Crippen LogP contribution in [0.2, 0.25) is 0 Å². The van der Waals surface area contributed by atoms with Gasteiger partial charge in [0.1, 0.15) is 5.82 Å². The molecule has 26 heavy (non-hydrogen) atoms. The molecule has 1 N–H and O–H groups in total. The van der Waals surface area contributed by atoms with E-state index in [-0.39, 0.29) is 0 Å². The Balaban J connectivity index is 1.98. The quantitative estimate of drug-likeness (QED) is 0.520. The predicted octanol–water partition coefficient (Wildman–Crippen LogP) is 3.18. The van der Waals surface area contributed by atoms with Crippen LogP contribution in [0.1, 0.15) is 37.2 Å². The second-order valence-corrected chi connectivity index (χ2v) is 9.39.